The Morgan fingerprint density at radius 1 is 1.42 bits per heavy atom. The van der Waals surface area contributed by atoms with E-state index >= 15 is 0 Å². The monoisotopic (exact) mass is 259 g/mol. The van der Waals surface area contributed by atoms with Gasteiger partial charge in [0.2, 0.25) is 0 Å². The third-order valence-electron chi connectivity index (χ3n) is 3.02. The van der Waals surface area contributed by atoms with Crippen LogP contribution in [0.3, 0.4) is 0 Å². The smallest absolute Gasteiger partial charge is 0.410 e. The first-order valence-electron chi connectivity index (χ1n) is 6.16. The molecule has 1 aliphatic heterocycles. The number of hydrogen-bond donors (Lipinski definition) is 0. The number of nitrogens with zero attached hydrogens (tertiary/aromatic N) is 3. The fourth-order valence-electron chi connectivity index (χ4n) is 2.05. The summed E-state index contributed by atoms with van der Waals surface area (Å²) in [6.45, 7) is 6.20. The summed E-state index contributed by atoms with van der Waals surface area (Å²) >= 11 is 0. The largest absolute Gasteiger partial charge is 0.444 e. The van der Waals surface area contributed by atoms with Crippen LogP contribution in [0.5, 0.6) is 0 Å². The Kier molecular flexibility index (Phi) is 3.19. The van der Waals surface area contributed by atoms with Crippen molar-refractivity contribution in [2.45, 2.75) is 31.8 Å². The van der Waals surface area contributed by atoms with Crippen LogP contribution in [-0.4, -0.2) is 34.7 Å². The molecule has 0 atom stereocenters. The van der Waals surface area contributed by atoms with E-state index in [2.05, 4.69) is 11.1 Å². The number of amides is 1. The third kappa shape index (κ3) is 2.68. The molecule has 1 fully saturated rings. The summed E-state index contributed by atoms with van der Waals surface area (Å²) in [4.78, 5) is 17.3. The highest BCUT2D eigenvalue weighted by Gasteiger charge is 2.48. The van der Waals surface area contributed by atoms with Crippen molar-refractivity contribution in [3.8, 4) is 6.07 Å². The molecule has 2 rings (SSSR count). The standard InChI is InChI=1S/C14H17N3O2/c1-13(2,3)19-12(18)17-9-14(8-15,10-17)11-4-6-16-7-5-11/h4-7H,9-10H2,1-3H3. The van der Waals surface area contributed by atoms with Crippen LogP contribution in [-0.2, 0) is 10.2 Å². The van der Waals surface area contributed by atoms with Gasteiger partial charge in [0.1, 0.15) is 11.0 Å². The lowest BCUT2D eigenvalue weighted by Gasteiger charge is -2.45. The van der Waals surface area contributed by atoms with E-state index in [1.54, 1.807) is 17.3 Å². The number of aromatic nitrogens is 1. The lowest BCUT2D eigenvalue weighted by atomic mass is 9.75. The summed E-state index contributed by atoms with van der Waals surface area (Å²) in [5.41, 5.74) is -0.247. The van der Waals surface area contributed by atoms with Crippen molar-refractivity contribution < 1.29 is 9.53 Å². The molecule has 2 heterocycles. The molecule has 0 N–H and O–H groups in total. The molecule has 0 spiro atoms. The van der Waals surface area contributed by atoms with E-state index < -0.39 is 11.0 Å². The summed E-state index contributed by atoms with van der Waals surface area (Å²) in [5.74, 6) is 0. The molecule has 1 amide bonds. The Labute approximate surface area is 112 Å². The summed E-state index contributed by atoms with van der Waals surface area (Å²) < 4.78 is 5.28. The molecule has 0 bridgehead atoms. The topological polar surface area (TPSA) is 66.2 Å². The van der Waals surface area contributed by atoms with Gasteiger partial charge in [0.05, 0.1) is 6.07 Å². The Morgan fingerprint density at radius 3 is 2.47 bits per heavy atom. The number of carbonyl (C=O) groups is 1. The van der Waals surface area contributed by atoms with Crippen LogP contribution in [0.15, 0.2) is 24.5 Å². The number of rotatable bonds is 1. The van der Waals surface area contributed by atoms with Crippen LogP contribution in [0.2, 0.25) is 0 Å². The summed E-state index contributed by atoms with van der Waals surface area (Å²) in [6.07, 6.45) is 2.95. The second kappa shape index (κ2) is 4.54. The summed E-state index contributed by atoms with van der Waals surface area (Å²) in [5, 5.41) is 9.37. The van der Waals surface area contributed by atoms with Crippen molar-refractivity contribution in [3.05, 3.63) is 30.1 Å². The fourth-order valence-corrected chi connectivity index (χ4v) is 2.05. The quantitative estimate of drug-likeness (QED) is 0.774. The molecule has 1 aliphatic rings. The molecule has 0 radical (unpaired) electrons. The predicted octanol–water partition coefficient (Wildman–Crippen LogP) is 2.09. The van der Waals surface area contributed by atoms with E-state index in [-0.39, 0.29) is 6.09 Å². The average molecular weight is 259 g/mol. The maximum Gasteiger partial charge on any atom is 0.410 e. The van der Waals surface area contributed by atoms with Gasteiger partial charge in [0.25, 0.3) is 0 Å². The highest BCUT2D eigenvalue weighted by atomic mass is 16.6. The molecule has 5 heteroatoms. The van der Waals surface area contributed by atoms with Crippen LogP contribution in [0.25, 0.3) is 0 Å². The zero-order valence-corrected chi connectivity index (χ0v) is 11.4. The number of ether oxygens (including phenoxy) is 1. The second-order valence-electron chi connectivity index (χ2n) is 5.77. The first-order chi connectivity index (χ1) is 8.86. The molecule has 5 nitrogen and oxygen atoms in total. The van der Waals surface area contributed by atoms with Crippen LogP contribution in [0.1, 0.15) is 26.3 Å². The molecule has 1 saturated heterocycles. The minimum Gasteiger partial charge on any atom is -0.444 e. The first kappa shape index (κ1) is 13.3. The zero-order valence-electron chi connectivity index (χ0n) is 11.4. The molecular formula is C14H17N3O2. The van der Waals surface area contributed by atoms with Gasteiger partial charge in [-0.15, -0.1) is 0 Å². The SMILES string of the molecule is CC(C)(C)OC(=O)N1CC(C#N)(c2ccncc2)C1. The van der Waals surface area contributed by atoms with Gasteiger partial charge in [-0.2, -0.15) is 5.26 Å². The maximum atomic E-state index is 11.9. The van der Waals surface area contributed by atoms with Crippen LogP contribution < -0.4 is 0 Å². The fraction of sp³-hybridized carbons (Fsp3) is 0.500. The van der Waals surface area contributed by atoms with Gasteiger partial charge >= 0.3 is 6.09 Å². The van der Waals surface area contributed by atoms with Crippen molar-refractivity contribution >= 4 is 6.09 Å². The molecule has 0 unspecified atom stereocenters. The van der Waals surface area contributed by atoms with Gasteiger partial charge in [-0.05, 0) is 38.5 Å². The number of nitriles is 1. The Bertz CT molecular complexity index is 508. The highest BCUT2D eigenvalue weighted by molar-refractivity contribution is 5.70. The molecule has 0 aliphatic carbocycles. The molecule has 0 saturated carbocycles. The van der Waals surface area contributed by atoms with E-state index in [1.807, 2.05) is 32.9 Å². The van der Waals surface area contributed by atoms with Crippen LogP contribution >= 0.6 is 0 Å². The van der Waals surface area contributed by atoms with Gasteiger partial charge in [-0.1, -0.05) is 0 Å². The van der Waals surface area contributed by atoms with Gasteiger partial charge < -0.3 is 9.64 Å². The van der Waals surface area contributed by atoms with Crippen molar-refractivity contribution in [1.29, 1.82) is 5.26 Å². The highest BCUT2D eigenvalue weighted by Crippen LogP contribution is 2.34. The van der Waals surface area contributed by atoms with E-state index in [0.717, 1.165) is 5.56 Å². The van der Waals surface area contributed by atoms with Crippen LogP contribution in [0.4, 0.5) is 4.79 Å². The number of hydrogen-bond acceptors (Lipinski definition) is 4. The molecule has 1 aromatic heterocycles. The van der Waals surface area contributed by atoms with Gasteiger partial charge in [-0.3, -0.25) is 4.98 Å². The Morgan fingerprint density at radius 2 is 2.00 bits per heavy atom. The van der Waals surface area contributed by atoms with Crippen molar-refractivity contribution in [1.82, 2.24) is 9.88 Å². The zero-order chi connectivity index (χ0) is 14.1. The van der Waals surface area contributed by atoms with Crippen molar-refractivity contribution in [3.63, 3.8) is 0 Å². The van der Waals surface area contributed by atoms with Gasteiger partial charge in [-0.25, -0.2) is 4.79 Å². The molecular weight excluding hydrogens is 242 g/mol. The van der Waals surface area contributed by atoms with E-state index in [9.17, 15) is 10.1 Å². The second-order valence-corrected chi connectivity index (χ2v) is 5.77. The molecule has 100 valence electrons. The van der Waals surface area contributed by atoms with E-state index in [0.29, 0.717) is 13.1 Å². The summed E-state index contributed by atoms with van der Waals surface area (Å²) in [6, 6.07) is 5.93. The Balaban J connectivity index is 2.05. The number of carbonyl (C=O) groups excluding carboxylic acids is 1. The lowest BCUT2D eigenvalue weighted by molar-refractivity contribution is -0.000461. The third-order valence-corrected chi connectivity index (χ3v) is 3.02. The lowest BCUT2D eigenvalue weighted by Crippen LogP contribution is -2.61. The Hall–Kier alpha value is -2.09. The summed E-state index contributed by atoms with van der Waals surface area (Å²) in [7, 11) is 0. The number of likely N-dealkylation sites (tertiary alicyclic amines) is 1. The average Bonchev–Trinajstić information content (AvgIpc) is 2.27. The van der Waals surface area contributed by atoms with Crippen molar-refractivity contribution in [2.75, 3.05) is 13.1 Å². The van der Waals surface area contributed by atoms with Gasteiger partial charge in [0.15, 0.2) is 0 Å². The van der Waals surface area contributed by atoms with Crippen molar-refractivity contribution in [2.24, 2.45) is 0 Å². The van der Waals surface area contributed by atoms with Crippen LogP contribution in [0, 0.1) is 11.3 Å². The van der Waals surface area contributed by atoms with E-state index in [1.165, 1.54) is 0 Å². The predicted molar refractivity (Wildman–Crippen MR) is 69.3 cm³/mol. The minimum atomic E-state index is -0.625. The maximum absolute atomic E-state index is 11.9. The number of pyridine rings is 1. The minimum absolute atomic E-state index is 0.364. The normalized spacial score (nSPS) is 17.3. The molecule has 1 aromatic rings. The molecule has 19 heavy (non-hydrogen) atoms. The van der Waals surface area contributed by atoms with E-state index in [4.69, 9.17) is 4.74 Å². The first-order valence-corrected chi connectivity index (χ1v) is 6.16. The molecule has 0 aromatic carbocycles. The van der Waals surface area contributed by atoms with Gasteiger partial charge in [0, 0.05) is 25.5 Å².